The Hall–Kier alpha value is -1.76. The number of hydrazone groups is 1. The van der Waals surface area contributed by atoms with E-state index in [1.807, 2.05) is 0 Å². The van der Waals surface area contributed by atoms with Gasteiger partial charge in [0.05, 0.1) is 11.2 Å². The van der Waals surface area contributed by atoms with Gasteiger partial charge in [-0.25, -0.2) is 5.43 Å². The number of aromatic hydroxyl groups is 1. The lowest BCUT2D eigenvalue weighted by Crippen LogP contribution is -2.24. The van der Waals surface area contributed by atoms with Gasteiger partial charge in [0, 0.05) is 15.1 Å². The van der Waals surface area contributed by atoms with Crippen LogP contribution in [-0.2, 0) is 4.79 Å². The maximum Gasteiger partial charge on any atom is 0.277 e. The SMILES string of the molecule is Cc1cc(Br)cc(/C=N\NC(=O)COc2ccc(Cl)cc2Cl)c1O. The number of hydrogen-bond donors (Lipinski definition) is 2. The second-order valence-corrected chi connectivity index (χ2v) is 6.58. The minimum atomic E-state index is -0.469. The van der Waals surface area contributed by atoms with Gasteiger partial charge in [-0.05, 0) is 42.8 Å². The molecule has 2 rings (SSSR count). The van der Waals surface area contributed by atoms with E-state index in [0.29, 0.717) is 26.9 Å². The van der Waals surface area contributed by atoms with Crippen molar-refractivity contribution in [1.29, 1.82) is 0 Å². The molecule has 0 heterocycles. The maximum atomic E-state index is 11.7. The Morgan fingerprint density at radius 3 is 2.83 bits per heavy atom. The highest BCUT2D eigenvalue weighted by molar-refractivity contribution is 9.10. The number of halogens is 3. The van der Waals surface area contributed by atoms with Crippen molar-refractivity contribution in [2.24, 2.45) is 5.10 Å². The molecule has 0 bridgehead atoms. The summed E-state index contributed by atoms with van der Waals surface area (Å²) in [6.45, 7) is 1.50. The molecule has 5 nitrogen and oxygen atoms in total. The standard InChI is InChI=1S/C16H13BrCl2N2O3/c1-9-4-11(17)5-10(16(9)23)7-20-21-15(22)8-24-14-3-2-12(18)6-13(14)19/h2-7,23H,8H2,1H3,(H,21,22)/b20-7-. The van der Waals surface area contributed by atoms with Crippen molar-refractivity contribution in [2.45, 2.75) is 6.92 Å². The molecule has 0 aliphatic carbocycles. The Balaban J connectivity index is 1.91. The minimum absolute atomic E-state index is 0.0976. The fourth-order valence-electron chi connectivity index (χ4n) is 1.80. The fraction of sp³-hybridized carbons (Fsp3) is 0.125. The van der Waals surface area contributed by atoms with Crippen LogP contribution >= 0.6 is 39.1 Å². The van der Waals surface area contributed by atoms with Crippen LogP contribution in [0.1, 0.15) is 11.1 Å². The summed E-state index contributed by atoms with van der Waals surface area (Å²) in [4.78, 5) is 11.7. The van der Waals surface area contributed by atoms with Crippen LogP contribution in [0, 0.1) is 6.92 Å². The number of aryl methyl sites for hydroxylation is 1. The summed E-state index contributed by atoms with van der Waals surface area (Å²) in [6, 6.07) is 8.16. The number of carbonyl (C=O) groups excluding carboxylic acids is 1. The van der Waals surface area contributed by atoms with Gasteiger partial charge < -0.3 is 9.84 Å². The summed E-state index contributed by atoms with van der Waals surface area (Å²) in [5.74, 6) is -0.0238. The minimum Gasteiger partial charge on any atom is -0.507 e. The zero-order valence-electron chi connectivity index (χ0n) is 12.5. The Labute approximate surface area is 157 Å². The molecular weight excluding hydrogens is 419 g/mol. The quantitative estimate of drug-likeness (QED) is 0.547. The van der Waals surface area contributed by atoms with Gasteiger partial charge in [-0.2, -0.15) is 5.10 Å². The molecule has 0 fully saturated rings. The van der Waals surface area contributed by atoms with Crippen molar-refractivity contribution < 1.29 is 14.6 Å². The summed E-state index contributed by atoms with van der Waals surface area (Å²) in [5.41, 5.74) is 3.48. The third-order valence-corrected chi connectivity index (χ3v) is 3.93. The van der Waals surface area contributed by atoms with Gasteiger partial charge >= 0.3 is 0 Å². The highest BCUT2D eigenvalue weighted by Crippen LogP contribution is 2.27. The van der Waals surface area contributed by atoms with Gasteiger partial charge in [-0.1, -0.05) is 39.1 Å². The molecule has 0 aliphatic rings. The average Bonchev–Trinajstić information content (AvgIpc) is 2.51. The van der Waals surface area contributed by atoms with Gasteiger partial charge in [0.1, 0.15) is 11.5 Å². The number of phenols is 1. The number of amides is 1. The number of hydrogen-bond acceptors (Lipinski definition) is 4. The number of phenolic OH excluding ortho intramolecular Hbond substituents is 1. The molecule has 0 spiro atoms. The molecule has 2 N–H and O–H groups in total. The van der Waals surface area contributed by atoms with Crippen LogP contribution in [0.2, 0.25) is 10.0 Å². The summed E-state index contributed by atoms with van der Waals surface area (Å²) in [6.07, 6.45) is 1.35. The van der Waals surface area contributed by atoms with Crippen LogP contribution in [0.15, 0.2) is 39.9 Å². The molecule has 2 aromatic rings. The number of benzene rings is 2. The Morgan fingerprint density at radius 2 is 2.12 bits per heavy atom. The van der Waals surface area contributed by atoms with Gasteiger partial charge in [-0.15, -0.1) is 0 Å². The first-order valence-corrected chi connectivity index (χ1v) is 8.30. The van der Waals surface area contributed by atoms with Crippen molar-refractivity contribution >= 4 is 51.3 Å². The molecule has 0 atom stereocenters. The second kappa shape index (κ2) is 8.37. The molecule has 2 aromatic carbocycles. The molecule has 8 heteroatoms. The van der Waals surface area contributed by atoms with Crippen LogP contribution < -0.4 is 10.2 Å². The molecule has 0 saturated heterocycles. The Kier molecular flexibility index (Phi) is 6.48. The van der Waals surface area contributed by atoms with Gasteiger partial charge in [0.2, 0.25) is 0 Å². The van der Waals surface area contributed by atoms with Crippen molar-refractivity contribution in [3.8, 4) is 11.5 Å². The van der Waals surface area contributed by atoms with Crippen LogP contribution in [0.25, 0.3) is 0 Å². The molecule has 0 unspecified atom stereocenters. The van der Waals surface area contributed by atoms with E-state index in [4.69, 9.17) is 27.9 Å². The van der Waals surface area contributed by atoms with E-state index in [0.717, 1.165) is 4.47 Å². The molecule has 0 aromatic heterocycles. The number of ether oxygens (including phenoxy) is 1. The molecule has 0 radical (unpaired) electrons. The predicted molar refractivity (Wildman–Crippen MR) is 98.2 cm³/mol. The van der Waals surface area contributed by atoms with Crippen LogP contribution in [0.4, 0.5) is 0 Å². The third kappa shape index (κ3) is 5.12. The van der Waals surface area contributed by atoms with E-state index in [1.165, 1.54) is 12.3 Å². The van der Waals surface area contributed by atoms with Crippen LogP contribution in [-0.4, -0.2) is 23.8 Å². The molecule has 1 amide bonds. The monoisotopic (exact) mass is 430 g/mol. The lowest BCUT2D eigenvalue weighted by Gasteiger charge is -2.07. The van der Waals surface area contributed by atoms with E-state index in [1.54, 1.807) is 31.2 Å². The largest absolute Gasteiger partial charge is 0.507 e. The van der Waals surface area contributed by atoms with Gasteiger partial charge in [0.15, 0.2) is 6.61 Å². The first-order chi connectivity index (χ1) is 11.4. The van der Waals surface area contributed by atoms with E-state index in [2.05, 4.69) is 26.5 Å². The van der Waals surface area contributed by atoms with E-state index < -0.39 is 5.91 Å². The first kappa shape index (κ1) is 18.6. The average molecular weight is 432 g/mol. The van der Waals surface area contributed by atoms with Crippen molar-refractivity contribution in [1.82, 2.24) is 5.43 Å². The second-order valence-electron chi connectivity index (χ2n) is 4.82. The smallest absolute Gasteiger partial charge is 0.277 e. The van der Waals surface area contributed by atoms with Crippen LogP contribution in [0.5, 0.6) is 11.5 Å². The zero-order chi connectivity index (χ0) is 17.7. The summed E-state index contributed by atoms with van der Waals surface area (Å²) in [5, 5.41) is 14.5. The predicted octanol–water partition coefficient (Wildman–Crippen LogP) is 4.30. The third-order valence-electron chi connectivity index (χ3n) is 2.94. The first-order valence-electron chi connectivity index (χ1n) is 6.75. The maximum absolute atomic E-state index is 11.7. The number of nitrogens with zero attached hydrogens (tertiary/aromatic N) is 1. The normalized spacial score (nSPS) is 10.8. The molecule has 0 aliphatic heterocycles. The molecule has 126 valence electrons. The van der Waals surface area contributed by atoms with Crippen molar-refractivity contribution in [2.75, 3.05) is 6.61 Å². The number of carbonyl (C=O) groups is 1. The Morgan fingerprint density at radius 1 is 1.38 bits per heavy atom. The highest BCUT2D eigenvalue weighted by atomic mass is 79.9. The van der Waals surface area contributed by atoms with Gasteiger partial charge in [-0.3, -0.25) is 4.79 Å². The number of rotatable bonds is 5. The van der Waals surface area contributed by atoms with Gasteiger partial charge in [0.25, 0.3) is 5.91 Å². The topological polar surface area (TPSA) is 70.9 Å². The highest BCUT2D eigenvalue weighted by Gasteiger charge is 2.07. The van der Waals surface area contributed by atoms with Crippen LogP contribution in [0.3, 0.4) is 0 Å². The Bertz CT molecular complexity index is 797. The lowest BCUT2D eigenvalue weighted by molar-refractivity contribution is -0.123. The molecular formula is C16H13BrCl2N2O3. The summed E-state index contributed by atoms with van der Waals surface area (Å²) in [7, 11) is 0. The zero-order valence-corrected chi connectivity index (χ0v) is 15.6. The van der Waals surface area contributed by atoms with Crippen molar-refractivity contribution in [3.05, 3.63) is 56.0 Å². The fourth-order valence-corrected chi connectivity index (χ4v) is 2.85. The van der Waals surface area contributed by atoms with Crippen molar-refractivity contribution in [3.63, 3.8) is 0 Å². The number of nitrogens with one attached hydrogen (secondary N) is 1. The lowest BCUT2D eigenvalue weighted by atomic mass is 10.1. The van der Waals surface area contributed by atoms with E-state index >= 15 is 0 Å². The van der Waals surface area contributed by atoms with E-state index in [9.17, 15) is 9.90 Å². The summed E-state index contributed by atoms with van der Waals surface area (Å²) >= 11 is 15.0. The van der Waals surface area contributed by atoms with E-state index in [-0.39, 0.29) is 12.4 Å². The molecule has 0 saturated carbocycles. The molecule has 24 heavy (non-hydrogen) atoms. The summed E-state index contributed by atoms with van der Waals surface area (Å²) < 4.78 is 6.08.